The Kier molecular flexibility index (Phi) is 9.88. The van der Waals surface area contributed by atoms with Crippen molar-refractivity contribution in [2.75, 3.05) is 0 Å². The SMILES string of the molecule is CCC[CH2][Sn]([CH2]CCC)([CH2]CCC)[C]1=C2C(P(c3ccccc3)c3ccccc3)=CC=C3CCC(C=C1)C32. The van der Waals surface area contributed by atoms with Crippen molar-refractivity contribution in [3.05, 3.63) is 105 Å². The van der Waals surface area contributed by atoms with Gasteiger partial charge in [-0.2, -0.15) is 0 Å². The van der Waals surface area contributed by atoms with Gasteiger partial charge in [0, 0.05) is 0 Å². The Morgan fingerprint density at radius 1 is 0.737 bits per heavy atom. The number of hydrogen-bond donors (Lipinski definition) is 0. The average molecular weight is 629 g/mol. The molecule has 2 aromatic carbocycles. The van der Waals surface area contributed by atoms with Gasteiger partial charge in [-0.15, -0.1) is 0 Å². The van der Waals surface area contributed by atoms with Crippen LogP contribution in [0.1, 0.15) is 72.1 Å². The minimum absolute atomic E-state index is 0.577. The predicted octanol–water partition coefficient (Wildman–Crippen LogP) is 10.2. The van der Waals surface area contributed by atoms with E-state index in [9.17, 15) is 0 Å². The van der Waals surface area contributed by atoms with Crippen molar-refractivity contribution < 1.29 is 0 Å². The van der Waals surface area contributed by atoms with Gasteiger partial charge in [0.25, 0.3) is 0 Å². The third-order valence-electron chi connectivity index (χ3n) is 9.30. The van der Waals surface area contributed by atoms with E-state index in [0.29, 0.717) is 11.8 Å². The normalized spacial score (nSPS) is 20.5. The van der Waals surface area contributed by atoms with Gasteiger partial charge >= 0.3 is 239 Å². The molecule has 0 aliphatic heterocycles. The molecule has 0 heterocycles. The molecule has 0 amide bonds. The topological polar surface area (TPSA) is 0 Å². The van der Waals surface area contributed by atoms with Crippen molar-refractivity contribution in [1.82, 2.24) is 0 Å². The van der Waals surface area contributed by atoms with Crippen LogP contribution < -0.4 is 10.6 Å². The quantitative estimate of drug-likeness (QED) is 0.153. The predicted molar refractivity (Wildman–Crippen MR) is 173 cm³/mol. The summed E-state index contributed by atoms with van der Waals surface area (Å²) < 4.78 is 6.58. The van der Waals surface area contributed by atoms with E-state index in [1.54, 1.807) is 24.2 Å². The van der Waals surface area contributed by atoms with Gasteiger partial charge in [-0.3, -0.25) is 0 Å². The molecule has 3 aliphatic rings. The second-order valence-corrected chi connectivity index (χ2v) is 27.1. The molecule has 0 N–H and O–H groups in total. The summed E-state index contributed by atoms with van der Waals surface area (Å²) in [6, 6.07) is 22.9. The molecule has 0 saturated heterocycles. The Balaban J connectivity index is 1.74. The fraction of sp³-hybridized carbons (Fsp3) is 0.444. The number of hydrogen-bond acceptors (Lipinski definition) is 0. The summed E-state index contributed by atoms with van der Waals surface area (Å²) >= 11 is -2.65. The zero-order chi connectivity index (χ0) is 26.4. The van der Waals surface area contributed by atoms with Crippen molar-refractivity contribution >= 4 is 36.9 Å². The zero-order valence-electron chi connectivity index (χ0n) is 24.0. The number of allylic oxidation sites excluding steroid dienone is 8. The van der Waals surface area contributed by atoms with Crippen molar-refractivity contribution in [3.63, 3.8) is 0 Å². The molecule has 2 unspecified atom stereocenters. The van der Waals surface area contributed by atoms with E-state index in [4.69, 9.17) is 0 Å². The molecule has 0 radical (unpaired) electrons. The first-order valence-electron chi connectivity index (χ1n) is 15.5. The van der Waals surface area contributed by atoms with Crippen molar-refractivity contribution in [2.45, 2.75) is 85.4 Å². The fourth-order valence-electron chi connectivity index (χ4n) is 7.34. The first-order chi connectivity index (χ1) is 18.7. The molecule has 0 spiro atoms. The Morgan fingerprint density at radius 2 is 1.29 bits per heavy atom. The maximum atomic E-state index is 2.75. The van der Waals surface area contributed by atoms with E-state index in [0.717, 1.165) is 0 Å². The minimum atomic E-state index is -2.65. The van der Waals surface area contributed by atoms with Gasteiger partial charge in [0.1, 0.15) is 0 Å². The summed E-state index contributed by atoms with van der Waals surface area (Å²) in [5.74, 6) is 1.35. The van der Waals surface area contributed by atoms with Crippen LogP contribution in [0.2, 0.25) is 13.3 Å². The van der Waals surface area contributed by atoms with E-state index in [2.05, 4.69) is 106 Å². The van der Waals surface area contributed by atoms with E-state index in [1.807, 2.05) is 9.16 Å². The van der Waals surface area contributed by atoms with Gasteiger partial charge < -0.3 is 0 Å². The molecule has 2 atom stereocenters. The fourth-order valence-corrected chi connectivity index (χ4v) is 27.2. The molecule has 1 fully saturated rings. The molecule has 0 aromatic heterocycles. The van der Waals surface area contributed by atoms with Gasteiger partial charge in [-0.1, -0.05) is 0 Å². The Bertz CT molecular complexity index is 1130. The number of benzene rings is 2. The first-order valence-corrected chi connectivity index (χ1v) is 24.3. The van der Waals surface area contributed by atoms with Crippen LogP contribution in [-0.4, -0.2) is 18.4 Å². The van der Waals surface area contributed by atoms with Crippen LogP contribution in [0.15, 0.2) is 105 Å². The van der Waals surface area contributed by atoms with Crippen LogP contribution in [0.4, 0.5) is 0 Å². The molecule has 200 valence electrons. The number of rotatable bonds is 13. The molecule has 38 heavy (non-hydrogen) atoms. The van der Waals surface area contributed by atoms with Gasteiger partial charge in [-0.25, -0.2) is 0 Å². The molecule has 3 aliphatic carbocycles. The Labute approximate surface area is 238 Å². The molecular formula is C36H47PSn. The van der Waals surface area contributed by atoms with Crippen LogP contribution in [0.5, 0.6) is 0 Å². The first kappa shape index (κ1) is 28.2. The summed E-state index contributed by atoms with van der Waals surface area (Å²) in [5.41, 5.74) is 3.57. The van der Waals surface area contributed by atoms with Crippen LogP contribution in [0.25, 0.3) is 0 Å². The van der Waals surface area contributed by atoms with Gasteiger partial charge in [0.2, 0.25) is 0 Å². The molecular weight excluding hydrogens is 582 g/mol. The molecule has 0 nitrogen and oxygen atoms in total. The summed E-state index contributed by atoms with van der Waals surface area (Å²) in [4.78, 5) is 0. The summed E-state index contributed by atoms with van der Waals surface area (Å²) in [6.45, 7) is 7.23. The van der Waals surface area contributed by atoms with Crippen LogP contribution in [-0.2, 0) is 0 Å². The van der Waals surface area contributed by atoms with Gasteiger partial charge in [0.05, 0.1) is 0 Å². The summed E-state index contributed by atoms with van der Waals surface area (Å²) in [7, 11) is -0.577. The van der Waals surface area contributed by atoms with E-state index in [1.165, 1.54) is 62.0 Å². The summed E-state index contributed by atoms with van der Waals surface area (Å²) in [6.07, 6.45) is 21.5. The Hall–Kier alpha value is -1.37. The van der Waals surface area contributed by atoms with Gasteiger partial charge in [-0.05, 0) is 0 Å². The van der Waals surface area contributed by atoms with E-state index in [-0.39, 0.29) is 0 Å². The second-order valence-electron chi connectivity index (χ2n) is 11.8. The second kappa shape index (κ2) is 13.3. The molecule has 1 saturated carbocycles. The van der Waals surface area contributed by atoms with Crippen molar-refractivity contribution in [2.24, 2.45) is 11.8 Å². The van der Waals surface area contributed by atoms with Crippen LogP contribution >= 0.6 is 7.92 Å². The standard InChI is InChI=1S/C24H20P.3C4H9.Sn/c1-3-9-20(10-4-1)25(21-11-5-2-6-12-21)23-17-16-19-15-14-18-8-7-13-22(23)24(18)19;3*1-3-4-2;/h1-12,16-18,24H,14-15H2;3*1,3-4H2,2H3;. The molecule has 0 bridgehead atoms. The van der Waals surface area contributed by atoms with Crippen LogP contribution in [0.3, 0.4) is 0 Å². The third kappa shape index (κ3) is 5.74. The van der Waals surface area contributed by atoms with Crippen molar-refractivity contribution in [3.8, 4) is 0 Å². The molecule has 5 rings (SSSR count). The molecule has 2 heteroatoms. The number of unbranched alkanes of at least 4 members (excludes halogenated alkanes) is 3. The van der Waals surface area contributed by atoms with Crippen molar-refractivity contribution in [1.29, 1.82) is 0 Å². The average Bonchev–Trinajstić information content (AvgIpc) is 3.40. The van der Waals surface area contributed by atoms with Gasteiger partial charge in [0.15, 0.2) is 0 Å². The summed E-state index contributed by atoms with van der Waals surface area (Å²) in [5, 5.41) is 4.69. The van der Waals surface area contributed by atoms with E-state index < -0.39 is 26.3 Å². The van der Waals surface area contributed by atoms with E-state index >= 15 is 0 Å². The molecule has 2 aromatic rings. The Morgan fingerprint density at radius 3 is 1.82 bits per heavy atom. The third-order valence-corrected chi connectivity index (χ3v) is 27.5. The zero-order valence-corrected chi connectivity index (χ0v) is 27.7. The maximum absolute atomic E-state index is 2.75. The monoisotopic (exact) mass is 630 g/mol. The van der Waals surface area contributed by atoms with Crippen LogP contribution in [0, 0.1) is 11.8 Å².